The third kappa shape index (κ3) is 2.94. The van der Waals surface area contributed by atoms with Crippen molar-refractivity contribution >= 4 is 0 Å². The van der Waals surface area contributed by atoms with Gasteiger partial charge in [0.25, 0.3) is 0 Å². The van der Waals surface area contributed by atoms with Crippen LogP contribution in [-0.2, 0) is 11.3 Å². The maximum Gasteiger partial charge on any atom is 0.198 e. The summed E-state index contributed by atoms with van der Waals surface area (Å²) in [7, 11) is 1.62. The molecule has 1 N–H and O–H groups in total. The van der Waals surface area contributed by atoms with Crippen LogP contribution in [0.25, 0.3) is 11.3 Å². The second-order valence-electron chi connectivity index (χ2n) is 5.13. The minimum absolute atomic E-state index is 0.0490. The molecule has 112 valence electrons. The Bertz CT molecular complexity index is 602. The van der Waals surface area contributed by atoms with E-state index in [9.17, 15) is 5.11 Å². The molecule has 1 fully saturated rings. The Labute approximate surface area is 123 Å². The van der Waals surface area contributed by atoms with Crippen LogP contribution >= 0.6 is 0 Å². The summed E-state index contributed by atoms with van der Waals surface area (Å²) in [6, 6.07) is 5.52. The normalized spacial score (nSPS) is 16.1. The smallest absolute Gasteiger partial charge is 0.198 e. The third-order valence-corrected chi connectivity index (χ3v) is 3.85. The van der Waals surface area contributed by atoms with Crippen molar-refractivity contribution in [3.63, 3.8) is 0 Å². The number of aliphatic hydroxyl groups excluding tert-OH is 1. The van der Waals surface area contributed by atoms with Crippen LogP contribution in [0.3, 0.4) is 0 Å². The maximum absolute atomic E-state index is 9.48. The van der Waals surface area contributed by atoms with Crippen molar-refractivity contribution in [3.8, 4) is 17.1 Å². The summed E-state index contributed by atoms with van der Waals surface area (Å²) in [6.07, 6.45) is 3.59. The highest BCUT2D eigenvalue weighted by atomic mass is 16.5. The van der Waals surface area contributed by atoms with Crippen molar-refractivity contribution in [1.82, 2.24) is 4.98 Å². The van der Waals surface area contributed by atoms with Crippen molar-refractivity contribution in [1.29, 1.82) is 0 Å². The van der Waals surface area contributed by atoms with Crippen LogP contribution < -0.4 is 4.74 Å². The van der Waals surface area contributed by atoms with Gasteiger partial charge in [-0.05, 0) is 30.5 Å². The molecule has 5 heteroatoms. The first kappa shape index (κ1) is 14.1. The Kier molecular flexibility index (Phi) is 4.22. The van der Waals surface area contributed by atoms with Gasteiger partial charge in [0.05, 0.1) is 19.9 Å². The van der Waals surface area contributed by atoms with E-state index in [4.69, 9.17) is 13.9 Å². The zero-order chi connectivity index (χ0) is 14.7. The zero-order valence-corrected chi connectivity index (χ0v) is 12.0. The van der Waals surface area contributed by atoms with Gasteiger partial charge in [0.2, 0.25) is 0 Å². The van der Waals surface area contributed by atoms with E-state index in [1.807, 2.05) is 18.2 Å². The summed E-state index contributed by atoms with van der Waals surface area (Å²) in [5.41, 5.74) is 1.62. The van der Waals surface area contributed by atoms with Crippen LogP contribution in [0, 0.1) is 0 Å². The van der Waals surface area contributed by atoms with Crippen molar-refractivity contribution < 1.29 is 19.0 Å². The van der Waals surface area contributed by atoms with Gasteiger partial charge < -0.3 is 19.0 Å². The SMILES string of the molecule is COc1ccc(CO)c(-c2cnc(C3CCOCC3)o2)c1. The molecule has 1 aliphatic rings. The lowest BCUT2D eigenvalue weighted by molar-refractivity contribution is 0.0796. The predicted octanol–water partition coefficient (Wildman–Crippen LogP) is 2.74. The number of oxazole rings is 1. The zero-order valence-electron chi connectivity index (χ0n) is 12.0. The molecular weight excluding hydrogens is 270 g/mol. The molecule has 0 atom stereocenters. The Morgan fingerprint density at radius 3 is 2.86 bits per heavy atom. The lowest BCUT2D eigenvalue weighted by atomic mass is 10.0. The Morgan fingerprint density at radius 1 is 1.33 bits per heavy atom. The molecule has 1 aliphatic heterocycles. The van der Waals surface area contributed by atoms with Crippen LogP contribution in [0.15, 0.2) is 28.8 Å². The fourth-order valence-corrected chi connectivity index (χ4v) is 2.60. The van der Waals surface area contributed by atoms with Crippen LogP contribution in [-0.4, -0.2) is 30.4 Å². The molecule has 2 aromatic rings. The molecule has 0 spiro atoms. The van der Waals surface area contributed by atoms with Crippen molar-refractivity contribution in [2.45, 2.75) is 25.4 Å². The molecule has 21 heavy (non-hydrogen) atoms. The van der Waals surface area contributed by atoms with E-state index in [0.29, 0.717) is 11.7 Å². The highest BCUT2D eigenvalue weighted by Crippen LogP contribution is 2.32. The fourth-order valence-electron chi connectivity index (χ4n) is 2.60. The quantitative estimate of drug-likeness (QED) is 0.937. The van der Waals surface area contributed by atoms with E-state index in [1.165, 1.54) is 0 Å². The number of hydrogen-bond acceptors (Lipinski definition) is 5. The highest BCUT2D eigenvalue weighted by Gasteiger charge is 2.21. The third-order valence-electron chi connectivity index (χ3n) is 3.85. The molecule has 1 aromatic heterocycles. The number of rotatable bonds is 4. The Hall–Kier alpha value is -1.85. The molecular formula is C16H19NO4. The van der Waals surface area contributed by atoms with E-state index in [-0.39, 0.29) is 6.61 Å². The van der Waals surface area contributed by atoms with E-state index in [2.05, 4.69) is 4.98 Å². The summed E-state index contributed by atoms with van der Waals surface area (Å²) in [6.45, 7) is 1.46. The van der Waals surface area contributed by atoms with Crippen LogP contribution in [0.4, 0.5) is 0 Å². The van der Waals surface area contributed by atoms with Gasteiger partial charge in [0.15, 0.2) is 11.7 Å². The average Bonchev–Trinajstić information content (AvgIpc) is 3.05. The monoisotopic (exact) mass is 289 g/mol. The average molecular weight is 289 g/mol. The predicted molar refractivity (Wildman–Crippen MR) is 77.2 cm³/mol. The number of nitrogens with zero attached hydrogens (tertiary/aromatic N) is 1. The molecule has 0 saturated carbocycles. The van der Waals surface area contributed by atoms with Crippen molar-refractivity contribution in [2.75, 3.05) is 20.3 Å². The molecule has 3 rings (SSSR count). The summed E-state index contributed by atoms with van der Waals surface area (Å²) in [5, 5.41) is 9.48. The topological polar surface area (TPSA) is 64.7 Å². The second-order valence-corrected chi connectivity index (χ2v) is 5.13. The van der Waals surface area contributed by atoms with Gasteiger partial charge in [-0.15, -0.1) is 0 Å². The molecule has 0 unspecified atom stereocenters. The first-order valence-corrected chi connectivity index (χ1v) is 7.13. The summed E-state index contributed by atoms with van der Waals surface area (Å²) >= 11 is 0. The standard InChI is InChI=1S/C16H19NO4/c1-19-13-3-2-12(10-18)14(8-13)15-9-17-16(21-15)11-4-6-20-7-5-11/h2-3,8-9,11,18H,4-7,10H2,1H3. The molecule has 0 aliphatic carbocycles. The maximum atomic E-state index is 9.48. The summed E-state index contributed by atoms with van der Waals surface area (Å²) in [5.74, 6) is 2.46. The number of benzene rings is 1. The largest absolute Gasteiger partial charge is 0.497 e. The van der Waals surface area contributed by atoms with Gasteiger partial charge >= 0.3 is 0 Å². The molecule has 1 aromatic carbocycles. The van der Waals surface area contributed by atoms with E-state index in [1.54, 1.807) is 13.3 Å². The van der Waals surface area contributed by atoms with Crippen molar-refractivity contribution in [2.24, 2.45) is 0 Å². The Morgan fingerprint density at radius 2 is 2.14 bits per heavy atom. The van der Waals surface area contributed by atoms with Crippen molar-refractivity contribution in [3.05, 3.63) is 35.9 Å². The lowest BCUT2D eigenvalue weighted by Crippen LogP contribution is -2.14. The molecule has 1 saturated heterocycles. The molecule has 2 heterocycles. The number of ether oxygens (including phenoxy) is 2. The first-order chi connectivity index (χ1) is 10.3. The Balaban J connectivity index is 1.91. The number of methoxy groups -OCH3 is 1. The number of aliphatic hydroxyl groups is 1. The van der Waals surface area contributed by atoms with E-state index in [0.717, 1.165) is 48.8 Å². The van der Waals surface area contributed by atoms with Gasteiger partial charge in [-0.1, -0.05) is 6.07 Å². The van der Waals surface area contributed by atoms with Gasteiger partial charge in [-0.3, -0.25) is 0 Å². The van der Waals surface area contributed by atoms with E-state index < -0.39 is 0 Å². The van der Waals surface area contributed by atoms with E-state index >= 15 is 0 Å². The molecule has 5 nitrogen and oxygen atoms in total. The first-order valence-electron chi connectivity index (χ1n) is 7.13. The highest BCUT2D eigenvalue weighted by molar-refractivity contribution is 5.63. The van der Waals surface area contributed by atoms with Gasteiger partial charge in [0.1, 0.15) is 5.75 Å². The fraction of sp³-hybridized carbons (Fsp3) is 0.438. The van der Waals surface area contributed by atoms with Crippen LogP contribution in [0.5, 0.6) is 5.75 Å². The minimum atomic E-state index is -0.0490. The van der Waals surface area contributed by atoms with Crippen LogP contribution in [0.1, 0.15) is 30.2 Å². The number of hydrogen-bond donors (Lipinski definition) is 1. The lowest BCUT2D eigenvalue weighted by Gasteiger charge is -2.18. The van der Waals surface area contributed by atoms with Gasteiger partial charge in [0, 0.05) is 24.7 Å². The number of aromatic nitrogens is 1. The second kappa shape index (κ2) is 6.28. The minimum Gasteiger partial charge on any atom is -0.497 e. The van der Waals surface area contributed by atoms with Gasteiger partial charge in [-0.25, -0.2) is 4.98 Å². The van der Waals surface area contributed by atoms with Gasteiger partial charge in [-0.2, -0.15) is 0 Å². The molecule has 0 bridgehead atoms. The summed E-state index contributed by atoms with van der Waals surface area (Å²) < 4.78 is 16.5. The molecule has 0 amide bonds. The molecule has 0 radical (unpaired) electrons. The van der Waals surface area contributed by atoms with Crippen LogP contribution in [0.2, 0.25) is 0 Å². The summed E-state index contributed by atoms with van der Waals surface area (Å²) in [4.78, 5) is 4.40.